The Morgan fingerprint density at radius 1 is 1.23 bits per heavy atom. The number of hydrogen-bond acceptors (Lipinski definition) is 6. The molecule has 3 rings (SSSR count). The van der Waals surface area contributed by atoms with Crippen molar-refractivity contribution in [2.45, 2.75) is 38.9 Å². The van der Waals surface area contributed by atoms with E-state index in [1.807, 2.05) is 29.0 Å². The van der Waals surface area contributed by atoms with Crippen molar-refractivity contribution in [2.24, 2.45) is 0 Å². The largest absolute Gasteiger partial charge is 0.306 e. The van der Waals surface area contributed by atoms with Gasteiger partial charge in [0.25, 0.3) is 0 Å². The number of carbonyl (C=O) groups is 1. The third kappa shape index (κ3) is 4.31. The quantitative estimate of drug-likeness (QED) is 0.620. The summed E-state index contributed by atoms with van der Waals surface area (Å²) >= 11 is 2.82. The number of thiazole rings is 1. The molecule has 26 heavy (non-hydrogen) atoms. The molecule has 136 valence electrons. The van der Waals surface area contributed by atoms with E-state index >= 15 is 0 Å². The molecular weight excluding hydrogens is 366 g/mol. The molecule has 0 atom stereocenters. The average Bonchev–Trinajstić information content (AvgIpc) is 3.26. The number of rotatable bonds is 7. The molecule has 0 saturated heterocycles. The van der Waals surface area contributed by atoms with E-state index in [0.717, 1.165) is 35.2 Å². The van der Waals surface area contributed by atoms with E-state index in [4.69, 9.17) is 0 Å². The predicted molar refractivity (Wildman–Crippen MR) is 107 cm³/mol. The Balaban J connectivity index is 1.59. The molecule has 1 amide bonds. The molecule has 0 fully saturated rings. The Morgan fingerprint density at radius 2 is 2.00 bits per heavy atom. The van der Waals surface area contributed by atoms with E-state index in [0.29, 0.717) is 5.13 Å². The zero-order chi connectivity index (χ0) is 18.5. The molecule has 1 N–H and O–H groups in total. The van der Waals surface area contributed by atoms with Crippen LogP contribution in [0.2, 0.25) is 0 Å². The highest BCUT2D eigenvalue weighted by Crippen LogP contribution is 2.25. The fourth-order valence-electron chi connectivity index (χ4n) is 2.48. The topological polar surface area (TPSA) is 72.7 Å². The summed E-state index contributed by atoms with van der Waals surface area (Å²) < 4.78 is 2.04. The summed E-state index contributed by atoms with van der Waals surface area (Å²) in [5.74, 6) is 1.13. The van der Waals surface area contributed by atoms with E-state index in [1.165, 1.54) is 28.7 Å². The van der Waals surface area contributed by atoms with E-state index in [2.05, 4.69) is 46.5 Å². The van der Waals surface area contributed by atoms with Gasteiger partial charge < -0.3 is 9.88 Å². The number of benzene rings is 1. The van der Waals surface area contributed by atoms with Crippen molar-refractivity contribution in [3.63, 3.8) is 0 Å². The number of carbonyl (C=O) groups excluding carboxylic acids is 1. The van der Waals surface area contributed by atoms with Crippen molar-refractivity contribution in [2.75, 3.05) is 11.1 Å². The highest BCUT2D eigenvalue weighted by Gasteiger charge is 2.13. The molecule has 0 aliphatic rings. The molecule has 2 aromatic heterocycles. The molecule has 3 aromatic rings. The number of aromatic nitrogens is 4. The Hall–Kier alpha value is -2.19. The second-order valence-corrected chi connectivity index (χ2v) is 7.54. The van der Waals surface area contributed by atoms with Gasteiger partial charge in [0.15, 0.2) is 10.3 Å². The second-order valence-electron chi connectivity index (χ2n) is 5.74. The minimum Gasteiger partial charge on any atom is -0.306 e. The van der Waals surface area contributed by atoms with Gasteiger partial charge in [0.2, 0.25) is 5.91 Å². The molecule has 0 saturated carbocycles. The first-order valence-corrected chi connectivity index (χ1v) is 10.3. The van der Waals surface area contributed by atoms with E-state index in [9.17, 15) is 4.79 Å². The first-order chi connectivity index (χ1) is 12.6. The number of amides is 1. The number of nitrogens with one attached hydrogen (secondary N) is 1. The van der Waals surface area contributed by atoms with Gasteiger partial charge in [0, 0.05) is 23.9 Å². The molecular formula is C18H21N5OS2. The van der Waals surface area contributed by atoms with Crippen LogP contribution in [0.4, 0.5) is 5.13 Å². The zero-order valence-corrected chi connectivity index (χ0v) is 16.7. The SMILES string of the molecule is CCc1nnc(SCC(=O)Nc2nc(-c3ccc(C)cc3)cs2)n1CC. The van der Waals surface area contributed by atoms with Crippen molar-refractivity contribution in [1.29, 1.82) is 0 Å². The molecule has 1 aromatic carbocycles. The smallest absolute Gasteiger partial charge is 0.236 e. The number of aryl methyl sites for hydroxylation is 2. The van der Waals surface area contributed by atoms with Crippen LogP contribution in [0.1, 0.15) is 25.2 Å². The Kier molecular flexibility index (Phi) is 6.05. The average molecular weight is 388 g/mol. The molecule has 0 spiro atoms. The fraction of sp³-hybridized carbons (Fsp3) is 0.333. The molecule has 8 heteroatoms. The fourth-order valence-corrected chi connectivity index (χ4v) is 4.04. The lowest BCUT2D eigenvalue weighted by Gasteiger charge is -2.05. The lowest BCUT2D eigenvalue weighted by atomic mass is 10.1. The highest BCUT2D eigenvalue weighted by molar-refractivity contribution is 7.99. The van der Waals surface area contributed by atoms with Crippen LogP contribution in [0.25, 0.3) is 11.3 Å². The van der Waals surface area contributed by atoms with Crippen LogP contribution in [-0.4, -0.2) is 31.4 Å². The standard InChI is InChI=1S/C18H21N5OS2/c1-4-15-21-22-18(23(15)5-2)26-11-16(24)20-17-19-14(10-25-17)13-8-6-12(3)7-9-13/h6-10H,4-5,11H2,1-3H3,(H,19,20,24). The molecule has 0 bridgehead atoms. The number of hydrogen-bond donors (Lipinski definition) is 1. The maximum atomic E-state index is 12.2. The summed E-state index contributed by atoms with van der Waals surface area (Å²) in [5, 5.41) is 14.5. The summed E-state index contributed by atoms with van der Waals surface area (Å²) in [7, 11) is 0. The second kappa shape index (κ2) is 8.46. The van der Waals surface area contributed by atoms with Crippen LogP contribution in [0.5, 0.6) is 0 Å². The monoisotopic (exact) mass is 387 g/mol. The molecule has 0 unspecified atom stereocenters. The minimum atomic E-state index is -0.0940. The van der Waals surface area contributed by atoms with Crippen LogP contribution >= 0.6 is 23.1 Å². The number of nitrogens with zero attached hydrogens (tertiary/aromatic N) is 4. The van der Waals surface area contributed by atoms with Gasteiger partial charge in [-0.1, -0.05) is 48.5 Å². The lowest BCUT2D eigenvalue weighted by Crippen LogP contribution is -2.14. The highest BCUT2D eigenvalue weighted by atomic mass is 32.2. The summed E-state index contributed by atoms with van der Waals surface area (Å²) in [6.45, 7) is 6.95. The van der Waals surface area contributed by atoms with Crippen LogP contribution < -0.4 is 5.32 Å². The third-order valence-electron chi connectivity index (χ3n) is 3.86. The maximum absolute atomic E-state index is 12.2. The normalized spacial score (nSPS) is 10.9. The van der Waals surface area contributed by atoms with Gasteiger partial charge in [-0.05, 0) is 13.8 Å². The Morgan fingerprint density at radius 3 is 2.69 bits per heavy atom. The van der Waals surface area contributed by atoms with Crippen molar-refractivity contribution < 1.29 is 4.79 Å². The van der Waals surface area contributed by atoms with E-state index < -0.39 is 0 Å². The van der Waals surface area contributed by atoms with Crippen LogP contribution in [0.3, 0.4) is 0 Å². The van der Waals surface area contributed by atoms with E-state index in [1.54, 1.807) is 0 Å². The lowest BCUT2D eigenvalue weighted by molar-refractivity contribution is -0.113. The van der Waals surface area contributed by atoms with Gasteiger partial charge in [-0.3, -0.25) is 4.79 Å². The van der Waals surface area contributed by atoms with Crippen LogP contribution in [-0.2, 0) is 17.8 Å². The number of anilines is 1. The molecule has 2 heterocycles. The Labute approximate surface area is 161 Å². The molecule has 6 nitrogen and oxygen atoms in total. The van der Waals surface area contributed by atoms with Gasteiger partial charge in [0.1, 0.15) is 5.82 Å². The third-order valence-corrected chi connectivity index (χ3v) is 5.58. The van der Waals surface area contributed by atoms with Crippen LogP contribution in [0.15, 0.2) is 34.8 Å². The van der Waals surface area contributed by atoms with E-state index in [-0.39, 0.29) is 11.7 Å². The molecule has 0 radical (unpaired) electrons. The summed E-state index contributed by atoms with van der Waals surface area (Å²) in [6, 6.07) is 8.18. The first kappa shape index (κ1) is 18.6. The van der Waals surface area contributed by atoms with Gasteiger partial charge in [-0.25, -0.2) is 4.98 Å². The van der Waals surface area contributed by atoms with Crippen molar-refractivity contribution in [1.82, 2.24) is 19.7 Å². The van der Waals surface area contributed by atoms with Crippen molar-refractivity contribution in [3.8, 4) is 11.3 Å². The minimum absolute atomic E-state index is 0.0940. The molecule has 0 aliphatic carbocycles. The zero-order valence-electron chi connectivity index (χ0n) is 15.0. The van der Waals surface area contributed by atoms with Crippen molar-refractivity contribution >= 4 is 34.1 Å². The van der Waals surface area contributed by atoms with Crippen LogP contribution in [0, 0.1) is 6.92 Å². The van der Waals surface area contributed by atoms with Gasteiger partial charge in [0.05, 0.1) is 11.4 Å². The van der Waals surface area contributed by atoms with Gasteiger partial charge >= 0.3 is 0 Å². The molecule has 0 aliphatic heterocycles. The maximum Gasteiger partial charge on any atom is 0.236 e. The summed E-state index contributed by atoms with van der Waals surface area (Å²) in [6.07, 6.45) is 0.828. The summed E-state index contributed by atoms with van der Waals surface area (Å²) in [5.41, 5.74) is 3.13. The van der Waals surface area contributed by atoms with Crippen molar-refractivity contribution in [3.05, 3.63) is 41.0 Å². The number of thioether (sulfide) groups is 1. The van der Waals surface area contributed by atoms with Gasteiger partial charge in [-0.2, -0.15) is 0 Å². The predicted octanol–water partition coefficient (Wildman–Crippen LogP) is 4.02. The van der Waals surface area contributed by atoms with Gasteiger partial charge in [-0.15, -0.1) is 21.5 Å². The first-order valence-electron chi connectivity index (χ1n) is 8.48. The summed E-state index contributed by atoms with van der Waals surface area (Å²) in [4.78, 5) is 16.7. The Bertz CT molecular complexity index is 885.